The minimum Gasteiger partial charge on any atom is -0.609 e. The lowest BCUT2D eigenvalue weighted by atomic mass is 9.98. The van der Waals surface area contributed by atoms with Crippen LogP contribution in [0.2, 0.25) is 5.02 Å². The summed E-state index contributed by atoms with van der Waals surface area (Å²) < 4.78 is 23.1. The van der Waals surface area contributed by atoms with Gasteiger partial charge in [-0.25, -0.2) is 19.9 Å². The van der Waals surface area contributed by atoms with Crippen molar-refractivity contribution >= 4 is 28.7 Å². The molecule has 0 amide bonds. The summed E-state index contributed by atoms with van der Waals surface area (Å²) in [6, 6.07) is 5.98. The molecule has 10 heteroatoms. The maximum absolute atomic E-state index is 11.8. The molecule has 2 aromatic heterocycles. The maximum Gasteiger partial charge on any atom is 0.316 e. The van der Waals surface area contributed by atoms with E-state index in [1.807, 2.05) is 18.2 Å². The molecule has 1 fully saturated rings. The molecule has 0 N–H and O–H groups in total. The number of benzene rings is 1. The lowest BCUT2D eigenvalue weighted by Crippen LogP contribution is -2.36. The topological polar surface area (TPSA) is 96.3 Å². The van der Waals surface area contributed by atoms with E-state index in [0.29, 0.717) is 35.3 Å². The fraction of sp³-hybridized carbons (Fsp3) is 0.333. The smallest absolute Gasteiger partial charge is 0.316 e. The maximum atomic E-state index is 11.8. The molecule has 0 unspecified atom stereocenters. The van der Waals surface area contributed by atoms with Crippen molar-refractivity contribution in [1.29, 1.82) is 0 Å². The zero-order chi connectivity index (χ0) is 21.2. The Kier molecular flexibility index (Phi) is 5.80. The van der Waals surface area contributed by atoms with Crippen LogP contribution in [0.3, 0.4) is 0 Å². The van der Waals surface area contributed by atoms with Gasteiger partial charge in [-0.05, 0) is 42.5 Å². The van der Waals surface area contributed by atoms with Crippen LogP contribution in [0.5, 0.6) is 11.8 Å². The Morgan fingerprint density at radius 2 is 1.81 bits per heavy atom. The minimum atomic E-state index is -1.07. The fourth-order valence-corrected chi connectivity index (χ4v) is 4.69. The van der Waals surface area contributed by atoms with Gasteiger partial charge in [-0.2, -0.15) is 0 Å². The first kappa shape index (κ1) is 20.3. The number of piperidine rings is 1. The lowest BCUT2D eigenvalue weighted by Gasteiger charge is -2.31. The third-order valence-corrected chi connectivity index (χ3v) is 6.78. The number of anilines is 1. The SMILES string of the molecule is [O-][S@+]1COc2cc(-c3cnc(OCC4CCN(c5ncc(Cl)cn5)CC4)nc3)ccc21. The highest BCUT2D eigenvalue weighted by molar-refractivity contribution is 7.91. The van der Waals surface area contributed by atoms with Crippen molar-refractivity contribution in [2.45, 2.75) is 17.7 Å². The van der Waals surface area contributed by atoms with E-state index in [-0.39, 0.29) is 5.94 Å². The summed E-state index contributed by atoms with van der Waals surface area (Å²) in [5, 5.41) is 0.541. The molecule has 31 heavy (non-hydrogen) atoms. The number of aromatic nitrogens is 4. The van der Waals surface area contributed by atoms with Gasteiger partial charge in [-0.15, -0.1) is 0 Å². The second kappa shape index (κ2) is 8.86. The Morgan fingerprint density at radius 3 is 2.55 bits per heavy atom. The van der Waals surface area contributed by atoms with Crippen LogP contribution >= 0.6 is 11.6 Å². The molecule has 0 saturated carbocycles. The van der Waals surface area contributed by atoms with Gasteiger partial charge in [0.25, 0.3) is 5.94 Å². The second-order valence-corrected chi connectivity index (χ2v) is 9.27. The molecular weight excluding hydrogens is 438 g/mol. The molecule has 0 radical (unpaired) electrons. The van der Waals surface area contributed by atoms with Crippen LogP contribution in [0, 0.1) is 5.92 Å². The van der Waals surface area contributed by atoms with Gasteiger partial charge in [0.15, 0.2) is 10.6 Å². The van der Waals surface area contributed by atoms with Crippen LogP contribution in [0.25, 0.3) is 11.1 Å². The van der Waals surface area contributed by atoms with Gasteiger partial charge in [-0.3, -0.25) is 0 Å². The molecule has 4 heterocycles. The van der Waals surface area contributed by atoms with E-state index < -0.39 is 11.2 Å². The summed E-state index contributed by atoms with van der Waals surface area (Å²) >= 11 is 4.78. The van der Waals surface area contributed by atoms with Crippen LogP contribution in [0.15, 0.2) is 47.9 Å². The number of fused-ring (bicyclic) bond motifs is 1. The molecule has 0 aliphatic carbocycles. The zero-order valence-corrected chi connectivity index (χ0v) is 18.2. The highest BCUT2D eigenvalue weighted by Crippen LogP contribution is 2.35. The summed E-state index contributed by atoms with van der Waals surface area (Å²) in [6.07, 6.45) is 8.68. The molecule has 3 aromatic rings. The summed E-state index contributed by atoms with van der Waals surface area (Å²) in [5.41, 5.74) is 1.77. The second-order valence-electron chi connectivity index (χ2n) is 7.47. The van der Waals surface area contributed by atoms with Crippen molar-refractivity contribution < 1.29 is 14.0 Å². The predicted octanol–water partition coefficient (Wildman–Crippen LogP) is 3.34. The van der Waals surface area contributed by atoms with Crippen molar-refractivity contribution in [1.82, 2.24) is 19.9 Å². The fourth-order valence-electron chi connectivity index (χ4n) is 3.67. The Bertz CT molecular complexity index is 1050. The van der Waals surface area contributed by atoms with Crippen LogP contribution in [-0.2, 0) is 11.2 Å². The third kappa shape index (κ3) is 4.53. The first-order valence-corrected chi connectivity index (χ1v) is 11.7. The molecule has 0 spiro atoms. The van der Waals surface area contributed by atoms with E-state index in [1.54, 1.807) is 24.8 Å². The van der Waals surface area contributed by atoms with Gasteiger partial charge in [0.2, 0.25) is 5.95 Å². The zero-order valence-electron chi connectivity index (χ0n) is 16.6. The molecule has 8 nitrogen and oxygen atoms in total. The Morgan fingerprint density at radius 1 is 1.06 bits per heavy atom. The summed E-state index contributed by atoms with van der Waals surface area (Å²) in [5.74, 6) is 2.02. The third-order valence-electron chi connectivity index (χ3n) is 5.42. The predicted molar refractivity (Wildman–Crippen MR) is 117 cm³/mol. The molecule has 2 aliphatic heterocycles. The largest absolute Gasteiger partial charge is 0.609 e. The molecule has 1 aromatic carbocycles. The lowest BCUT2D eigenvalue weighted by molar-refractivity contribution is 0.208. The average Bonchev–Trinajstić information content (AvgIpc) is 3.19. The number of ether oxygens (including phenoxy) is 2. The van der Waals surface area contributed by atoms with Crippen LogP contribution in [0.1, 0.15) is 12.8 Å². The Labute approximate surface area is 187 Å². The van der Waals surface area contributed by atoms with Crippen LogP contribution < -0.4 is 14.4 Å². The van der Waals surface area contributed by atoms with Crippen molar-refractivity contribution in [3.63, 3.8) is 0 Å². The van der Waals surface area contributed by atoms with Gasteiger partial charge in [0, 0.05) is 42.2 Å². The average molecular weight is 458 g/mol. The summed E-state index contributed by atoms with van der Waals surface area (Å²) in [7, 11) is 0. The molecule has 2 aliphatic rings. The van der Waals surface area contributed by atoms with Gasteiger partial charge in [-0.1, -0.05) is 11.6 Å². The van der Waals surface area contributed by atoms with Crippen molar-refractivity contribution in [3.05, 3.63) is 48.0 Å². The van der Waals surface area contributed by atoms with E-state index in [9.17, 15) is 4.55 Å². The minimum absolute atomic E-state index is 0.216. The highest BCUT2D eigenvalue weighted by Gasteiger charge is 2.26. The normalized spacial score (nSPS) is 18.5. The van der Waals surface area contributed by atoms with Gasteiger partial charge >= 0.3 is 6.01 Å². The number of hydrogen-bond acceptors (Lipinski definition) is 8. The Hall–Kier alpha value is -2.62. The number of halogens is 1. The molecule has 1 saturated heterocycles. The van der Waals surface area contributed by atoms with E-state index in [4.69, 9.17) is 21.1 Å². The van der Waals surface area contributed by atoms with Crippen LogP contribution in [0.4, 0.5) is 5.95 Å². The quantitative estimate of drug-likeness (QED) is 0.538. The van der Waals surface area contributed by atoms with Gasteiger partial charge < -0.3 is 18.9 Å². The first-order valence-electron chi connectivity index (χ1n) is 9.98. The summed E-state index contributed by atoms with van der Waals surface area (Å²) in [6.45, 7) is 2.33. The molecule has 0 bridgehead atoms. The number of hydrogen-bond donors (Lipinski definition) is 0. The first-order chi connectivity index (χ1) is 15.2. The standard InChI is InChI=1S/C21H20ClN5O3S/c22-17-10-23-20(24-11-17)27-5-3-14(4-6-27)12-29-21-25-8-16(9-26-21)15-1-2-19-18(7-15)30-13-31(19)28/h1-2,7-11,14H,3-6,12-13H2/t31-/m1/s1. The Balaban J connectivity index is 1.14. The van der Waals surface area contributed by atoms with Crippen molar-refractivity contribution in [2.75, 3.05) is 30.5 Å². The molecule has 5 rings (SSSR count). The molecule has 1 atom stereocenters. The molecule has 160 valence electrons. The van der Waals surface area contributed by atoms with Crippen LogP contribution in [-0.4, -0.2) is 50.1 Å². The molecular formula is C21H20ClN5O3S. The number of rotatable bonds is 5. The van der Waals surface area contributed by atoms with Gasteiger partial charge in [0.05, 0.1) is 24.0 Å². The highest BCUT2D eigenvalue weighted by atomic mass is 35.5. The van der Waals surface area contributed by atoms with E-state index >= 15 is 0 Å². The van der Waals surface area contributed by atoms with Gasteiger partial charge in [0.1, 0.15) is 0 Å². The summed E-state index contributed by atoms with van der Waals surface area (Å²) in [4.78, 5) is 20.1. The monoisotopic (exact) mass is 457 g/mol. The van der Waals surface area contributed by atoms with E-state index in [1.165, 1.54) is 0 Å². The van der Waals surface area contributed by atoms with E-state index in [0.717, 1.165) is 42.0 Å². The van der Waals surface area contributed by atoms with Crippen molar-refractivity contribution in [2.24, 2.45) is 5.92 Å². The van der Waals surface area contributed by atoms with Crippen molar-refractivity contribution in [3.8, 4) is 22.9 Å². The van der Waals surface area contributed by atoms with E-state index in [2.05, 4.69) is 24.8 Å². The number of nitrogens with zero attached hydrogens (tertiary/aromatic N) is 5.